The molecule has 0 saturated carbocycles. The Morgan fingerprint density at radius 3 is 1.59 bits per heavy atom. The van der Waals surface area contributed by atoms with Gasteiger partial charge in [0.25, 0.3) is 0 Å². The van der Waals surface area contributed by atoms with Crippen molar-refractivity contribution in [3.8, 4) is 0 Å². The second-order valence-corrected chi connectivity index (χ2v) is 13.0. The molecule has 0 bridgehead atoms. The van der Waals surface area contributed by atoms with Gasteiger partial charge in [-0.3, -0.25) is 4.57 Å². The zero-order valence-electron chi connectivity index (χ0n) is 28.7. The Labute approximate surface area is 315 Å². The van der Waals surface area contributed by atoms with Gasteiger partial charge in [0.15, 0.2) is 29.2 Å². The van der Waals surface area contributed by atoms with Gasteiger partial charge < -0.3 is 18.9 Å². The lowest BCUT2D eigenvalue weighted by atomic mass is 9.80. The highest BCUT2D eigenvalue weighted by Gasteiger charge is 2.52. The molecular weight excluding hydrogens is 704 g/mol. The van der Waals surface area contributed by atoms with Crippen molar-refractivity contribution in [3.63, 3.8) is 0 Å². The van der Waals surface area contributed by atoms with Crippen LogP contribution in [0.15, 0.2) is 164 Å². The molecule has 1 aliphatic rings. The molecule has 1 fully saturated rings. The molecule has 0 N–H and O–H groups in total. The van der Waals surface area contributed by atoms with Crippen molar-refractivity contribution < 1.29 is 28.5 Å². The molecule has 7 aromatic rings. The van der Waals surface area contributed by atoms with Crippen molar-refractivity contribution in [1.29, 1.82) is 0 Å². The van der Waals surface area contributed by atoms with Gasteiger partial charge in [0, 0.05) is 0 Å². The molecule has 0 aliphatic carbocycles. The molecule has 8 rings (SSSR count). The second kappa shape index (κ2) is 15.4. The van der Waals surface area contributed by atoms with Crippen LogP contribution >= 0.6 is 11.6 Å². The molecule has 5 aromatic carbocycles. The van der Waals surface area contributed by atoms with E-state index in [1.54, 1.807) is 65.2 Å². The van der Waals surface area contributed by atoms with E-state index in [2.05, 4.69) is 15.0 Å². The summed E-state index contributed by atoms with van der Waals surface area (Å²) < 4.78 is 28.1. The molecule has 1 aliphatic heterocycles. The Kier molecular flexibility index (Phi) is 9.95. The lowest BCUT2D eigenvalue weighted by molar-refractivity contribution is -0.0961. The number of ether oxygens (including phenoxy) is 4. The minimum atomic E-state index is -1.19. The number of halogens is 1. The van der Waals surface area contributed by atoms with E-state index in [1.807, 2.05) is 91.0 Å². The van der Waals surface area contributed by atoms with Gasteiger partial charge in [0.1, 0.15) is 23.5 Å². The SMILES string of the molecule is O=C(O[C@@H]1[C@H](OC(=O)c2ccccc2)[C@@H](COC(c2ccccc2)(c2ccccc2)c2ccccc2)O[C@H]1n1cnc2c(Cl)ncnc21)c1ccccc1. The highest BCUT2D eigenvalue weighted by atomic mass is 35.5. The first-order chi connectivity index (χ1) is 26.5. The number of imidazole rings is 1. The molecular formula is C43H33ClN4O6. The summed E-state index contributed by atoms with van der Waals surface area (Å²) in [7, 11) is 0. The number of carbonyl (C=O) groups is 2. The minimum absolute atomic E-state index is 0.107. The predicted octanol–water partition coefficient (Wildman–Crippen LogP) is 7.84. The monoisotopic (exact) mass is 736 g/mol. The van der Waals surface area contributed by atoms with Crippen LogP contribution in [-0.2, 0) is 24.5 Å². The number of nitrogens with zero attached hydrogens (tertiary/aromatic N) is 4. The lowest BCUT2D eigenvalue weighted by Crippen LogP contribution is -2.43. The van der Waals surface area contributed by atoms with Crippen LogP contribution in [0.2, 0.25) is 5.15 Å². The summed E-state index contributed by atoms with van der Waals surface area (Å²) in [4.78, 5) is 40.6. The van der Waals surface area contributed by atoms with E-state index in [1.165, 1.54) is 12.7 Å². The second-order valence-electron chi connectivity index (χ2n) is 12.6. The van der Waals surface area contributed by atoms with Gasteiger partial charge in [-0.2, -0.15) is 0 Å². The van der Waals surface area contributed by atoms with Gasteiger partial charge in [-0.1, -0.05) is 139 Å². The van der Waals surface area contributed by atoms with E-state index in [9.17, 15) is 9.59 Å². The van der Waals surface area contributed by atoms with Crippen LogP contribution in [0.1, 0.15) is 43.6 Å². The van der Waals surface area contributed by atoms with Crippen molar-refractivity contribution in [2.45, 2.75) is 30.1 Å². The average molecular weight is 737 g/mol. The standard InChI is InChI=1S/C43H33ClN4O6/c44-38-35-39(46-27-45-38)48(28-47-35)40-37(54-42(50)30-18-8-2-9-19-30)36(53-41(49)29-16-6-1-7-17-29)34(52-40)26-51-43(31-20-10-3-11-21-31,32-22-12-4-13-23-32)33-24-14-5-15-25-33/h1-25,27-28,34,36-37,40H,26H2/t34-,36-,37-,40-/m1/s1. The third kappa shape index (κ3) is 6.74. The minimum Gasteiger partial charge on any atom is -0.452 e. The number of esters is 2. The third-order valence-electron chi connectivity index (χ3n) is 9.38. The fraction of sp³-hybridized carbons (Fsp3) is 0.140. The fourth-order valence-electron chi connectivity index (χ4n) is 6.85. The average Bonchev–Trinajstić information content (AvgIpc) is 3.81. The van der Waals surface area contributed by atoms with Crippen molar-refractivity contribution in [2.75, 3.05) is 6.61 Å². The van der Waals surface area contributed by atoms with Crippen LogP contribution in [0.5, 0.6) is 0 Å². The van der Waals surface area contributed by atoms with E-state index in [0.717, 1.165) is 16.7 Å². The first-order valence-electron chi connectivity index (χ1n) is 17.3. The van der Waals surface area contributed by atoms with Crippen molar-refractivity contribution >= 4 is 34.7 Å². The number of hydrogen-bond acceptors (Lipinski definition) is 9. The zero-order chi connectivity index (χ0) is 36.9. The summed E-state index contributed by atoms with van der Waals surface area (Å²) in [6.45, 7) is -0.107. The summed E-state index contributed by atoms with van der Waals surface area (Å²) in [6.07, 6.45) is -1.60. The van der Waals surface area contributed by atoms with Crippen LogP contribution in [0, 0.1) is 0 Å². The fourth-order valence-corrected chi connectivity index (χ4v) is 7.03. The van der Waals surface area contributed by atoms with Crippen LogP contribution in [0.25, 0.3) is 11.2 Å². The molecule has 0 unspecified atom stereocenters. The molecule has 54 heavy (non-hydrogen) atoms. The lowest BCUT2D eigenvalue weighted by Gasteiger charge is -2.37. The molecule has 2 aromatic heterocycles. The molecule has 4 atom stereocenters. The van der Waals surface area contributed by atoms with E-state index >= 15 is 0 Å². The number of benzene rings is 5. The maximum Gasteiger partial charge on any atom is 0.338 e. The summed E-state index contributed by atoms with van der Waals surface area (Å²) >= 11 is 6.40. The van der Waals surface area contributed by atoms with Gasteiger partial charge in [0.05, 0.1) is 24.1 Å². The Bertz CT molecular complexity index is 2250. The summed E-state index contributed by atoms with van der Waals surface area (Å²) in [6, 6.07) is 46.8. The van der Waals surface area contributed by atoms with Gasteiger partial charge in [-0.15, -0.1) is 0 Å². The van der Waals surface area contributed by atoms with Gasteiger partial charge in [0.2, 0.25) is 0 Å². The first-order valence-corrected chi connectivity index (χ1v) is 17.7. The van der Waals surface area contributed by atoms with Crippen LogP contribution in [-0.4, -0.2) is 56.4 Å². The van der Waals surface area contributed by atoms with Gasteiger partial charge >= 0.3 is 11.9 Å². The van der Waals surface area contributed by atoms with Crippen molar-refractivity contribution in [3.05, 3.63) is 197 Å². The maximum absolute atomic E-state index is 13.8. The number of rotatable bonds is 11. The van der Waals surface area contributed by atoms with Gasteiger partial charge in [-0.05, 0) is 41.0 Å². The normalized spacial score (nSPS) is 18.3. The van der Waals surface area contributed by atoms with E-state index in [-0.39, 0.29) is 11.8 Å². The van der Waals surface area contributed by atoms with Crippen LogP contribution in [0.4, 0.5) is 0 Å². The molecule has 3 heterocycles. The molecule has 10 nitrogen and oxygen atoms in total. The van der Waals surface area contributed by atoms with Crippen LogP contribution < -0.4 is 0 Å². The Balaban J connectivity index is 1.25. The van der Waals surface area contributed by atoms with E-state index < -0.39 is 42.1 Å². The largest absolute Gasteiger partial charge is 0.452 e. The Hall–Kier alpha value is -6.20. The third-order valence-corrected chi connectivity index (χ3v) is 9.66. The van der Waals surface area contributed by atoms with Crippen LogP contribution in [0.3, 0.4) is 0 Å². The highest BCUT2D eigenvalue weighted by Crippen LogP contribution is 2.43. The highest BCUT2D eigenvalue weighted by molar-refractivity contribution is 6.33. The number of carbonyl (C=O) groups excluding carboxylic acids is 2. The van der Waals surface area contributed by atoms with Crippen molar-refractivity contribution in [2.24, 2.45) is 0 Å². The molecule has 11 heteroatoms. The predicted molar refractivity (Wildman–Crippen MR) is 201 cm³/mol. The number of hydrogen-bond donors (Lipinski definition) is 0. The van der Waals surface area contributed by atoms with Crippen molar-refractivity contribution in [1.82, 2.24) is 19.5 Å². The molecule has 0 spiro atoms. The zero-order valence-corrected chi connectivity index (χ0v) is 29.5. The van der Waals surface area contributed by atoms with E-state index in [4.69, 9.17) is 30.5 Å². The summed E-state index contributed by atoms with van der Waals surface area (Å²) in [5, 5.41) is 0.139. The molecule has 0 radical (unpaired) electrons. The van der Waals surface area contributed by atoms with E-state index in [0.29, 0.717) is 22.3 Å². The molecule has 268 valence electrons. The van der Waals surface area contributed by atoms with Gasteiger partial charge in [-0.25, -0.2) is 24.5 Å². The first kappa shape index (κ1) is 34.9. The number of fused-ring (bicyclic) bond motifs is 1. The molecule has 0 amide bonds. The quantitative estimate of drug-likeness (QED) is 0.0745. The Morgan fingerprint density at radius 1 is 0.630 bits per heavy atom. The number of aromatic nitrogens is 4. The summed E-state index contributed by atoms with van der Waals surface area (Å²) in [5.74, 6) is -1.27. The maximum atomic E-state index is 13.8. The topological polar surface area (TPSA) is 115 Å². The summed E-state index contributed by atoms with van der Waals surface area (Å²) in [5.41, 5.74) is 2.76. The Morgan fingerprint density at radius 2 is 1.09 bits per heavy atom. The smallest absolute Gasteiger partial charge is 0.338 e. The molecule has 1 saturated heterocycles.